The third kappa shape index (κ3) is 3.73. The van der Waals surface area contributed by atoms with Crippen molar-refractivity contribution in [2.45, 2.75) is 25.0 Å². The van der Waals surface area contributed by atoms with E-state index < -0.39 is 0 Å². The maximum absolute atomic E-state index is 12.9. The second-order valence-electron chi connectivity index (χ2n) is 5.34. The van der Waals surface area contributed by atoms with Crippen LogP contribution in [0.25, 0.3) is 0 Å². The van der Waals surface area contributed by atoms with Crippen LogP contribution in [-0.2, 0) is 9.53 Å². The molecule has 0 aromatic heterocycles. The normalized spacial score (nSPS) is 25.5. The summed E-state index contributed by atoms with van der Waals surface area (Å²) in [5.41, 5.74) is 0.920. The maximum Gasteiger partial charge on any atom is 0.239 e. The van der Waals surface area contributed by atoms with Gasteiger partial charge in [0.1, 0.15) is 11.9 Å². The Bertz CT molecular complexity index is 477. The van der Waals surface area contributed by atoms with Gasteiger partial charge in [-0.3, -0.25) is 4.79 Å². The van der Waals surface area contributed by atoms with Crippen molar-refractivity contribution >= 4 is 18.3 Å². The second kappa shape index (κ2) is 7.20. The molecule has 4 nitrogen and oxygen atoms in total. The predicted octanol–water partition coefficient (Wildman–Crippen LogP) is 1.90. The quantitative estimate of drug-likeness (QED) is 0.906. The molecule has 0 bridgehead atoms. The minimum absolute atomic E-state index is 0. The van der Waals surface area contributed by atoms with Crippen LogP contribution < -0.4 is 5.32 Å². The summed E-state index contributed by atoms with van der Waals surface area (Å²) in [7, 11) is 0. The number of carbonyl (C=O) groups excluding carboxylic acids is 1. The number of halogens is 2. The first-order valence-corrected chi connectivity index (χ1v) is 7.13. The van der Waals surface area contributed by atoms with E-state index in [0.29, 0.717) is 19.7 Å². The van der Waals surface area contributed by atoms with E-state index >= 15 is 0 Å². The highest BCUT2D eigenvalue weighted by Gasteiger charge is 2.31. The first-order chi connectivity index (χ1) is 9.74. The topological polar surface area (TPSA) is 41.6 Å². The molecule has 1 aromatic rings. The highest BCUT2D eigenvalue weighted by molar-refractivity contribution is 5.85. The Labute approximate surface area is 130 Å². The number of hydrogen-bond donors (Lipinski definition) is 1. The number of ether oxygens (including phenoxy) is 1. The van der Waals surface area contributed by atoms with Crippen LogP contribution in [0.5, 0.6) is 0 Å². The van der Waals surface area contributed by atoms with Gasteiger partial charge in [0.25, 0.3) is 0 Å². The van der Waals surface area contributed by atoms with Crippen LogP contribution >= 0.6 is 12.4 Å². The van der Waals surface area contributed by atoms with Crippen molar-refractivity contribution in [2.75, 3.05) is 26.2 Å². The van der Waals surface area contributed by atoms with Crippen LogP contribution in [0.3, 0.4) is 0 Å². The average molecular weight is 315 g/mol. The summed E-state index contributed by atoms with van der Waals surface area (Å²) in [6.45, 7) is 2.62. The van der Waals surface area contributed by atoms with Crippen molar-refractivity contribution in [2.24, 2.45) is 0 Å². The van der Waals surface area contributed by atoms with Gasteiger partial charge < -0.3 is 15.0 Å². The molecule has 0 aliphatic carbocycles. The molecule has 1 aromatic carbocycles. The third-order valence-corrected chi connectivity index (χ3v) is 3.98. The molecule has 21 heavy (non-hydrogen) atoms. The molecule has 1 amide bonds. The van der Waals surface area contributed by atoms with E-state index in [1.165, 1.54) is 12.1 Å². The van der Waals surface area contributed by atoms with Crippen molar-refractivity contribution in [3.63, 3.8) is 0 Å². The molecule has 0 radical (unpaired) electrons. The van der Waals surface area contributed by atoms with Gasteiger partial charge >= 0.3 is 0 Å². The van der Waals surface area contributed by atoms with E-state index in [0.717, 1.165) is 24.9 Å². The van der Waals surface area contributed by atoms with Crippen LogP contribution in [0.1, 0.15) is 24.5 Å². The number of carbonyl (C=O) groups is 1. The number of nitrogens with one attached hydrogen (secondary N) is 1. The summed E-state index contributed by atoms with van der Waals surface area (Å²) < 4.78 is 18.7. The molecule has 0 spiro atoms. The molecular formula is C15H20ClFN2O2. The van der Waals surface area contributed by atoms with Crippen molar-refractivity contribution < 1.29 is 13.9 Å². The Morgan fingerprint density at radius 3 is 2.76 bits per heavy atom. The average Bonchev–Trinajstić information content (AvgIpc) is 3.01. The SMILES string of the molecule is Cl.O=C([C@@H]1CCCN1)N1CCOC(c2ccc(F)cc2)C1. The zero-order valence-corrected chi connectivity index (χ0v) is 12.6. The smallest absolute Gasteiger partial charge is 0.239 e. The zero-order chi connectivity index (χ0) is 13.9. The molecule has 3 rings (SSSR count). The Kier molecular flexibility index (Phi) is 5.56. The Morgan fingerprint density at radius 2 is 2.10 bits per heavy atom. The number of rotatable bonds is 2. The molecular weight excluding hydrogens is 295 g/mol. The van der Waals surface area contributed by atoms with Gasteiger partial charge in [-0.05, 0) is 37.1 Å². The van der Waals surface area contributed by atoms with Gasteiger partial charge in [0.05, 0.1) is 19.2 Å². The number of amides is 1. The summed E-state index contributed by atoms with van der Waals surface area (Å²) >= 11 is 0. The first kappa shape index (κ1) is 16.2. The number of benzene rings is 1. The van der Waals surface area contributed by atoms with E-state index in [4.69, 9.17) is 4.74 Å². The van der Waals surface area contributed by atoms with E-state index in [1.54, 1.807) is 12.1 Å². The van der Waals surface area contributed by atoms with Gasteiger partial charge in [-0.25, -0.2) is 4.39 Å². The summed E-state index contributed by atoms with van der Waals surface area (Å²) in [5.74, 6) is -0.0921. The van der Waals surface area contributed by atoms with E-state index in [-0.39, 0.29) is 36.3 Å². The van der Waals surface area contributed by atoms with Crippen LogP contribution in [-0.4, -0.2) is 43.1 Å². The van der Waals surface area contributed by atoms with Gasteiger partial charge in [0, 0.05) is 6.54 Å². The highest BCUT2D eigenvalue weighted by atomic mass is 35.5. The lowest BCUT2D eigenvalue weighted by molar-refractivity contribution is -0.140. The Balaban J connectivity index is 0.00000161. The minimum Gasteiger partial charge on any atom is -0.370 e. The lowest BCUT2D eigenvalue weighted by atomic mass is 10.1. The largest absolute Gasteiger partial charge is 0.370 e. The number of nitrogens with zero attached hydrogens (tertiary/aromatic N) is 1. The molecule has 116 valence electrons. The van der Waals surface area contributed by atoms with Gasteiger partial charge in [0.15, 0.2) is 0 Å². The van der Waals surface area contributed by atoms with Crippen molar-refractivity contribution in [3.05, 3.63) is 35.6 Å². The number of hydrogen-bond acceptors (Lipinski definition) is 3. The van der Waals surface area contributed by atoms with Crippen LogP contribution in [0.2, 0.25) is 0 Å². The molecule has 1 N–H and O–H groups in total. The third-order valence-electron chi connectivity index (χ3n) is 3.98. The Morgan fingerprint density at radius 1 is 1.33 bits per heavy atom. The van der Waals surface area contributed by atoms with E-state index in [2.05, 4.69) is 5.32 Å². The lowest BCUT2D eigenvalue weighted by Crippen LogP contribution is -2.49. The fourth-order valence-corrected chi connectivity index (χ4v) is 2.84. The highest BCUT2D eigenvalue weighted by Crippen LogP contribution is 2.23. The fourth-order valence-electron chi connectivity index (χ4n) is 2.84. The summed E-state index contributed by atoms with van der Waals surface area (Å²) in [6.07, 6.45) is 1.81. The second-order valence-corrected chi connectivity index (χ2v) is 5.34. The lowest BCUT2D eigenvalue weighted by Gasteiger charge is -2.34. The van der Waals surface area contributed by atoms with Crippen LogP contribution in [0.4, 0.5) is 4.39 Å². The first-order valence-electron chi connectivity index (χ1n) is 7.13. The summed E-state index contributed by atoms with van der Waals surface area (Å²) in [5, 5.41) is 3.23. The molecule has 2 aliphatic rings. The van der Waals surface area contributed by atoms with Crippen molar-refractivity contribution in [1.29, 1.82) is 0 Å². The summed E-state index contributed by atoms with van der Waals surface area (Å²) in [6, 6.07) is 6.27. The van der Waals surface area contributed by atoms with Gasteiger partial charge in [-0.1, -0.05) is 12.1 Å². The molecule has 1 unspecified atom stereocenters. The van der Waals surface area contributed by atoms with Crippen LogP contribution in [0, 0.1) is 5.82 Å². The van der Waals surface area contributed by atoms with Gasteiger partial charge in [-0.15, -0.1) is 12.4 Å². The molecule has 2 saturated heterocycles. The van der Waals surface area contributed by atoms with E-state index in [9.17, 15) is 9.18 Å². The maximum atomic E-state index is 12.9. The molecule has 0 saturated carbocycles. The fraction of sp³-hybridized carbons (Fsp3) is 0.533. The van der Waals surface area contributed by atoms with Crippen LogP contribution in [0.15, 0.2) is 24.3 Å². The molecule has 2 fully saturated rings. The molecule has 6 heteroatoms. The monoisotopic (exact) mass is 314 g/mol. The van der Waals surface area contributed by atoms with Gasteiger partial charge in [0.2, 0.25) is 5.91 Å². The molecule has 2 heterocycles. The molecule has 2 atom stereocenters. The van der Waals surface area contributed by atoms with E-state index in [1.807, 2.05) is 4.90 Å². The minimum atomic E-state index is -0.257. The molecule has 2 aliphatic heterocycles. The van der Waals surface area contributed by atoms with Crippen molar-refractivity contribution in [3.8, 4) is 0 Å². The zero-order valence-electron chi connectivity index (χ0n) is 11.8. The standard InChI is InChI=1S/C15H19FN2O2.ClH/c16-12-5-3-11(4-6-12)14-10-18(8-9-20-14)15(19)13-2-1-7-17-13;/h3-6,13-14,17H,1-2,7-10H2;1H/t13-,14?;/m0./s1. The summed E-state index contributed by atoms with van der Waals surface area (Å²) in [4.78, 5) is 14.2. The van der Waals surface area contributed by atoms with Gasteiger partial charge in [-0.2, -0.15) is 0 Å². The number of morpholine rings is 1. The Hall–Kier alpha value is -1.17. The van der Waals surface area contributed by atoms with Crippen molar-refractivity contribution in [1.82, 2.24) is 10.2 Å². The predicted molar refractivity (Wildman–Crippen MR) is 79.9 cm³/mol.